The number of rotatable bonds is 12. The molecule has 0 aliphatic heterocycles. The minimum Gasteiger partial charge on any atom is -0.511 e. The molecule has 0 aromatic heterocycles. The molecule has 5 atom stereocenters. The van der Waals surface area contributed by atoms with Gasteiger partial charge in [-0.05, 0) is 73.8 Å². The van der Waals surface area contributed by atoms with Crippen molar-refractivity contribution in [3.8, 4) is 17.2 Å². The van der Waals surface area contributed by atoms with Gasteiger partial charge in [-0.1, -0.05) is 71.1 Å². The standard InChI is InChI=1S/C43H52O9/c1-5-7-18-51-32-22-28(25-12-10-9-11-13-25)33(52-19-8-6-2)20-27(32)15-14-26-16-17-30(45)38-34(26)23(3)35-39(43(38)50)42(49)37-29(40(35)47)21-31(46)36(24(4)44)41(37)48/h14-17,20,22-23,25,29,35,37,40,45-47,49H,5-13,18-19,21H2,1-4H3/t23?,29-,35+,37?,40+/m0/s1. The lowest BCUT2D eigenvalue weighted by molar-refractivity contribution is -0.128. The Hall–Kier alpha value is -4.37. The average molecular weight is 713 g/mol. The number of aliphatic hydroxyl groups excluding tert-OH is 3. The molecule has 4 aliphatic carbocycles. The van der Waals surface area contributed by atoms with E-state index < -0.39 is 64.2 Å². The second-order valence-electron chi connectivity index (χ2n) is 15.0. The van der Waals surface area contributed by atoms with E-state index in [0.717, 1.165) is 62.5 Å². The van der Waals surface area contributed by atoms with Crippen molar-refractivity contribution < 1.29 is 44.3 Å². The molecule has 6 rings (SSSR count). The monoisotopic (exact) mass is 712 g/mol. The molecule has 278 valence electrons. The van der Waals surface area contributed by atoms with E-state index in [9.17, 15) is 34.8 Å². The number of aliphatic hydroxyl groups is 3. The number of unbranched alkanes of at least 4 members (excludes halogenated alkanes) is 2. The molecule has 1 fully saturated rings. The summed E-state index contributed by atoms with van der Waals surface area (Å²) >= 11 is 0. The van der Waals surface area contributed by atoms with Crippen LogP contribution in [0.4, 0.5) is 0 Å². The lowest BCUT2D eigenvalue weighted by Gasteiger charge is -2.46. The minimum absolute atomic E-state index is 0.00203. The Morgan fingerprint density at radius 3 is 2.21 bits per heavy atom. The van der Waals surface area contributed by atoms with Crippen LogP contribution in [-0.4, -0.2) is 57.1 Å². The van der Waals surface area contributed by atoms with Gasteiger partial charge in [0, 0.05) is 35.0 Å². The van der Waals surface area contributed by atoms with Gasteiger partial charge in [-0.3, -0.25) is 14.4 Å². The topological polar surface area (TPSA) is 151 Å². The van der Waals surface area contributed by atoms with Gasteiger partial charge in [0.05, 0.1) is 36.4 Å². The predicted molar refractivity (Wildman–Crippen MR) is 199 cm³/mol. The van der Waals surface area contributed by atoms with Crippen LogP contribution in [0.2, 0.25) is 0 Å². The number of fused-ring (bicyclic) bond motifs is 3. The summed E-state index contributed by atoms with van der Waals surface area (Å²) < 4.78 is 12.8. The van der Waals surface area contributed by atoms with Gasteiger partial charge in [-0.2, -0.15) is 0 Å². The number of aromatic hydroxyl groups is 1. The SMILES string of the molecule is CCCCOc1cc(C2CCCCC2)c(OCCCC)cc1C=Cc1ccc(O)c2c1C(C)[C@@H]1C(=C(O)C3C(=O)C(C(C)=O)=C(O)C[C@@H]3[C@H]1O)C2=O. The van der Waals surface area contributed by atoms with Crippen molar-refractivity contribution in [1.82, 2.24) is 0 Å². The Morgan fingerprint density at radius 1 is 0.904 bits per heavy atom. The van der Waals surface area contributed by atoms with E-state index in [-0.39, 0.29) is 23.3 Å². The van der Waals surface area contributed by atoms with Gasteiger partial charge >= 0.3 is 0 Å². The van der Waals surface area contributed by atoms with Crippen molar-refractivity contribution in [2.75, 3.05) is 13.2 Å². The van der Waals surface area contributed by atoms with Gasteiger partial charge in [-0.15, -0.1) is 0 Å². The molecule has 52 heavy (non-hydrogen) atoms. The van der Waals surface area contributed by atoms with Crippen LogP contribution in [0.1, 0.15) is 136 Å². The first-order valence-corrected chi connectivity index (χ1v) is 19.1. The maximum Gasteiger partial charge on any atom is 0.196 e. The van der Waals surface area contributed by atoms with Crippen LogP contribution in [0.3, 0.4) is 0 Å². The van der Waals surface area contributed by atoms with E-state index in [1.807, 2.05) is 19.1 Å². The molecular weight excluding hydrogens is 660 g/mol. The maximum absolute atomic E-state index is 14.2. The maximum atomic E-state index is 14.2. The molecule has 4 aliphatic rings. The van der Waals surface area contributed by atoms with Gasteiger partial charge < -0.3 is 29.9 Å². The van der Waals surface area contributed by atoms with Crippen LogP contribution in [0.25, 0.3) is 12.2 Å². The average Bonchev–Trinajstić information content (AvgIpc) is 3.12. The van der Waals surface area contributed by atoms with Crippen LogP contribution >= 0.6 is 0 Å². The third-order valence-corrected chi connectivity index (χ3v) is 11.6. The summed E-state index contributed by atoms with van der Waals surface area (Å²) in [4.78, 5) is 39.9. The van der Waals surface area contributed by atoms with Gasteiger partial charge in [0.15, 0.2) is 17.3 Å². The molecule has 0 bridgehead atoms. The van der Waals surface area contributed by atoms with E-state index in [1.54, 1.807) is 6.07 Å². The quantitative estimate of drug-likeness (QED) is 0.0963. The molecule has 0 heterocycles. The summed E-state index contributed by atoms with van der Waals surface area (Å²) in [5.74, 6) is -5.13. The number of carbonyl (C=O) groups excluding carboxylic acids is 3. The van der Waals surface area contributed by atoms with Gasteiger partial charge in [0.1, 0.15) is 28.8 Å². The van der Waals surface area contributed by atoms with E-state index >= 15 is 0 Å². The Balaban J connectivity index is 1.43. The molecule has 0 radical (unpaired) electrons. The summed E-state index contributed by atoms with van der Waals surface area (Å²) in [5, 5.41) is 45.0. The zero-order valence-electron chi connectivity index (χ0n) is 30.7. The molecule has 4 N–H and O–H groups in total. The zero-order valence-corrected chi connectivity index (χ0v) is 30.7. The summed E-state index contributed by atoms with van der Waals surface area (Å²) in [6, 6.07) is 7.36. The van der Waals surface area contributed by atoms with Crippen molar-refractivity contribution in [3.05, 3.63) is 74.7 Å². The molecule has 9 nitrogen and oxygen atoms in total. The van der Waals surface area contributed by atoms with Crippen LogP contribution in [0.15, 0.2) is 46.9 Å². The van der Waals surface area contributed by atoms with Crippen molar-refractivity contribution in [1.29, 1.82) is 0 Å². The number of ether oxygens (including phenoxy) is 2. The number of phenols is 1. The lowest BCUT2D eigenvalue weighted by atomic mass is 9.58. The van der Waals surface area contributed by atoms with Crippen LogP contribution < -0.4 is 9.47 Å². The number of hydrogen-bond acceptors (Lipinski definition) is 9. The zero-order chi connectivity index (χ0) is 37.3. The highest BCUT2D eigenvalue weighted by molar-refractivity contribution is 6.22. The normalized spacial score (nSPS) is 24.9. The fourth-order valence-electron chi connectivity index (χ4n) is 8.90. The van der Waals surface area contributed by atoms with Crippen molar-refractivity contribution in [2.24, 2.45) is 17.8 Å². The molecule has 2 aromatic rings. The van der Waals surface area contributed by atoms with Crippen LogP contribution in [0, 0.1) is 17.8 Å². The second kappa shape index (κ2) is 15.7. The summed E-state index contributed by atoms with van der Waals surface area (Å²) in [6.45, 7) is 8.42. The highest BCUT2D eigenvalue weighted by Crippen LogP contribution is 2.54. The van der Waals surface area contributed by atoms with Crippen LogP contribution in [-0.2, 0) is 9.59 Å². The van der Waals surface area contributed by atoms with E-state index in [1.165, 1.54) is 30.9 Å². The lowest BCUT2D eigenvalue weighted by Crippen LogP contribution is -2.51. The largest absolute Gasteiger partial charge is 0.511 e. The van der Waals surface area contributed by atoms with Gasteiger partial charge in [-0.25, -0.2) is 0 Å². The Labute approximate surface area is 306 Å². The molecule has 9 heteroatoms. The molecular formula is C43H52O9. The highest BCUT2D eigenvalue weighted by Gasteiger charge is 2.56. The molecule has 1 saturated carbocycles. The summed E-state index contributed by atoms with van der Waals surface area (Å²) in [6.07, 6.45) is 12.0. The van der Waals surface area contributed by atoms with Crippen molar-refractivity contribution >= 4 is 29.5 Å². The van der Waals surface area contributed by atoms with Crippen LogP contribution in [0.5, 0.6) is 17.2 Å². The third kappa shape index (κ3) is 6.80. The molecule has 0 amide bonds. The molecule has 0 spiro atoms. The fraction of sp³-hybridized carbons (Fsp3) is 0.512. The Bertz CT molecular complexity index is 1830. The number of hydrogen-bond donors (Lipinski definition) is 4. The third-order valence-electron chi connectivity index (χ3n) is 11.6. The highest BCUT2D eigenvalue weighted by atomic mass is 16.5. The number of benzene rings is 2. The Kier molecular flexibility index (Phi) is 11.3. The number of allylic oxidation sites excluding steroid dienone is 3. The Morgan fingerprint density at radius 2 is 1.56 bits per heavy atom. The number of carbonyl (C=O) groups is 3. The molecule has 0 saturated heterocycles. The summed E-state index contributed by atoms with van der Waals surface area (Å²) in [5.41, 5.74) is 2.60. The minimum atomic E-state index is -1.35. The number of Topliss-reactive ketones (excluding diaryl/α,β-unsaturated/α-hetero) is 3. The summed E-state index contributed by atoms with van der Waals surface area (Å²) in [7, 11) is 0. The first-order valence-electron chi connectivity index (χ1n) is 19.1. The van der Waals surface area contributed by atoms with Crippen molar-refractivity contribution in [3.63, 3.8) is 0 Å². The van der Waals surface area contributed by atoms with Gasteiger partial charge in [0.25, 0.3) is 0 Å². The smallest absolute Gasteiger partial charge is 0.196 e. The van der Waals surface area contributed by atoms with Gasteiger partial charge in [0.2, 0.25) is 0 Å². The second-order valence-corrected chi connectivity index (χ2v) is 15.0. The van der Waals surface area contributed by atoms with E-state index in [4.69, 9.17) is 9.47 Å². The number of ketones is 3. The number of phenolic OH excluding ortho intramolecular Hbond substituents is 1. The van der Waals surface area contributed by atoms with Crippen molar-refractivity contribution in [2.45, 2.75) is 110 Å². The van der Waals surface area contributed by atoms with E-state index in [0.29, 0.717) is 30.3 Å². The van der Waals surface area contributed by atoms with E-state index in [2.05, 4.69) is 26.0 Å². The molecule has 2 aromatic carbocycles. The first-order chi connectivity index (χ1) is 25.0. The fourth-order valence-corrected chi connectivity index (χ4v) is 8.90. The molecule has 2 unspecified atom stereocenters. The predicted octanol–water partition coefficient (Wildman–Crippen LogP) is 8.68. The first kappa shape index (κ1) is 37.4.